The van der Waals surface area contributed by atoms with Gasteiger partial charge >= 0.3 is 0 Å². The van der Waals surface area contributed by atoms with E-state index in [4.69, 9.17) is 4.74 Å². The second-order valence-electron chi connectivity index (χ2n) is 15.0. The summed E-state index contributed by atoms with van der Waals surface area (Å²) in [4.78, 5) is 2.36. The summed E-state index contributed by atoms with van der Waals surface area (Å²) in [5.41, 5.74) is 15.0. The maximum absolute atomic E-state index is 6.44. The lowest BCUT2D eigenvalue weighted by atomic mass is 9.92. The van der Waals surface area contributed by atoms with E-state index in [0.29, 0.717) is 0 Å². The average molecular weight is 740 g/mol. The van der Waals surface area contributed by atoms with Crippen molar-refractivity contribution in [3.05, 3.63) is 224 Å². The zero-order chi connectivity index (χ0) is 38.4. The Balaban J connectivity index is 0.972. The molecule has 0 aromatic heterocycles. The fourth-order valence-electron chi connectivity index (χ4n) is 8.48. The summed E-state index contributed by atoms with van der Waals surface area (Å²) < 4.78 is 6.44. The van der Waals surface area contributed by atoms with Gasteiger partial charge in [0.05, 0.1) is 0 Å². The third-order valence-corrected chi connectivity index (χ3v) is 11.5. The highest BCUT2D eigenvalue weighted by molar-refractivity contribution is 6.04. The molecule has 10 aromatic carbocycles. The Labute approximate surface area is 338 Å². The molecule has 0 spiro atoms. The highest BCUT2D eigenvalue weighted by atomic mass is 16.5. The maximum Gasteiger partial charge on any atom is 0.135 e. The van der Waals surface area contributed by atoms with Crippen LogP contribution in [0.4, 0.5) is 17.1 Å². The monoisotopic (exact) mass is 739 g/mol. The van der Waals surface area contributed by atoms with Gasteiger partial charge in [-0.25, -0.2) is 0 Å². The smallest absolute Gasteiger partial charge is 0.135 e. The molecule has 0 saturated carbocycles. The number of anilines is 3. The Hall–Kier alpha value is -7.68. The van der Waals surface area contributed by atoms with Crippen LogP contribution in [-0.4, -0.2) is 0 Å². The lowest BCUT2D eigenvalue weighted by molar-refractivity contribution is 0.487. The van der Waals surface area contributed by atoms with Crippen molar-refractivity contribution >= 4 is 38.6 Å². The fraction of sp³-hybridized carbons (Fsp3) is 0. The van der Waals surface area contributed by atoms with Crippen molar-refractivity contribution in [1.29, 1.82) is 0 Å². The van der Waals surface area contributed by atoms with Gasteiger partial charge in [0.2, 0.25) is 0 Å². The summed E-state index contributed by atoms with van der Waals surface area (Å²) in [5.74, 6) is 1.79. The van der Waals surface area contributed by atoms with E-state index in [-0.39, 0.29) is 0 Å². The molecular weight excluding hydrogens is 703 g/mol. The summed E-state index contributed by atoms with van der Waals surface area (Å²) in [6.07, 6.45) is 0. The molecule has 1 aliphatic heterocycles. The molecular formula is C56H37NO. The average Bonchev–Trinajstić information content (AvgIpc) is 3.30. The van der Waals surface area contributed by atoms with Crippen LogP contribution in [0.15, 0.2) is 224 Å². The first-order valence-electron chi connectivity index (χ1n) is 19.8. The number of nitrogens with zero attached hydrogens (tertiary/aromatic N) is 1. The molecule has 0 atom stereocenters. The molecule has 1 heterocycles. The summed E-state index contributed by atoms with van der Waals surface area (Å²) in [7, 11) is 0. The molecule has 1 aliphatic rings. The molecule has 2 nitrogen and oxygen atoms in total. The summed E-state index contributed by atoms with van der Waals surface area (Å²) in [5, 5.41) is 4.84. The Morgan fingerprint density at radius 3 is 1.48 bits per heavy atom. The Morgan fingerprint density at radius 1 is 0.259 bits per heavy atom. The lowest BCUT2D eigenvalue weighted by Gasteiger charge is -2.27. The largest absolute Gasteiger partial charge is 0.456 e. The van der Waals surface area contributed by atoms with Gasteiger partial charge in [-0.15, -0.1) is 0 Å². The van der Waals surface area contributed by atoms with Crippen LogP contribution in [0.3, 0.4) is 0 Å². The second-order valence-corrected chi connectivity index (χ2v) is 15.0. The van der Waals surface area contributed by atoms with Gasteiger partial charge in [-0.1, -0.05) is 164 Å². The summed E-state index contributed by atoms with van der Waals surface area (Å²) in [6.45, 7) is 0. The minimum absolute atomic E-state index is 0.883. The number of benzene rings is 10. The van der Waals surface area contributed by atoms with Crippen molar-refractivity contribution < 1.29 is 4.74 Å². The van der Waals surface area contributed by atoms with Gasteiger partial charge < -0.3 is 9.64 Å². The zero-order valence-corrected chi connectivity index (χ0v) is 31.7. The highest BCUT2D eigenvalue weighted by Crippen LogP contribution is 2.48. The summed E-state index contributed by atoms with van der Waals surface area (Å²) >= 11 is 0. The molecule has 0 fully saturated rings. The van der Waals surface area contributed by atoms with Crippen molar-refractivity contribution in [2.75, 3.05) is 4.90 Å². The van der Waals surface area contributed by atoms with Gasteiger partial charge in [-0.2, -0.15) is 0 Å². The second kappa shape index (κ2) is 14.1. The van der Waals surface area contributed by atoms with Crippen LogP contribution in [0.1, 0.15) is 0 Å². The molecule has 2 heteroatoms. The van der Waals surface area contributed by atoms with E-state index in [9.17, 15) is 0 Å². The van der Waals surface area contributed by atoms with E-state index < -0.39 is 0 Å². The van der Waals surface area contributed by atoms with Crippen molar-refractivity contribution in [2.45, 2.75) is 0 Å². The summed E-state index contributed by atoms with van der Waals surface area (Å²) in [6, 6.07) is 80.7. The molecule has 0 radical (unpaired) electrons. The number of hydrogen-bond acceptors (Lipinski definition) is 2. The topological polar surface area (TPSA) is 12.5 Å². The normalized spacial score (nSPS) is 11.6. The van der Waals surface area contributed by atoms with Crippen molar-refractivity contribution in [3.63, 3.8) is 0 Å². The Morgan fingerprint density at radius 2 is 0.759 bits per heavy atom. The number of rotatable bonds is 7. The molecule has 0 amide bonds. The van der Waals surface area contributed by atoms with Gasteiger partial charge in [0.25, 0.3) is 0 Å². The third-order valence-electron chi connectivity index (χ3n) is 11.5. The first kappa shape index (κ1) is 33.6. The van der Waals surface area contributed by atoms with Crippen LogP contribution >= 0.6 is 0 Å². The molecule has 0 saturated heterocycles. The van der Waals surface area contributed by atoms with Crippen molar-refractivity contribution in [3.8, 4) is 67.1 Å². The van der Waals surface area contributed by atoms with Crippen LogP contribution in [0.25, 0.3) is 77.2 Å². The Kier molecular flexibility index (Phi) is 8.19. The minimum Gasteiger partial charge on any atom is -0.456 e. The predicted octanol–water partition coefficient (Wildman–Crippen LogP) is 15.9. The quantitative estimate of drug-likeness (QED) is 0.161. The molecule has 0 unspecified atom stereocenters. The standard InChI is InChI=1S/C56H37NO/c1-2-9-38(10-3-1)40-19-21-41(22-20-40)42-25-30-49(31-26-42)57(50-32-27-43(28-33-50)47-24-23-39-11-4-5-12-45(39)35-47)51-16-6-15-46(36-51)48-29-34-54-53(37-48)52-17-7-13-44-14-8-18-55(58-54)56(44)52/h1-37H. The predicted molar refractivity (Wildman–Crippen MR) is 243 cm³/mol. The Bertz CT molecular complexity index is 3110. The van der Waals surface area contributed by atoms with Crippen LogP contribution < -0.4 is 9.64 Å². The molecule has 0 aliphatic carbocycles. The van der Waals surface area contributed by atoms with E-state index >= 15 is 0 Å². The van der Waals surface area contributed by atoms with Gasteiger partial charge in [-0.05, 0) is 127 Å². The third kappa shape index (κ3) is 6.09. The first-order valence-corrected chi connectivity index (χ1v) is 19.8. The molecule has 58 heavy (non-hydrogen) atoms. The van der Waals surface area contributed by atoms with Crippen LogP contribution in [0.5, 0.6) is 11.5 Å². The first-order chi connectivity index (χ1) is 28.7. The number of ether oxygens (including phenoxy) is 1. The van der Waals surface area contributed by atoms with Gasteiger partial charge in [0.1, 0.15) is 11.5 Å². The van der Waals surface area contributed by atoms with Gasteiger partial charge in [0, 0.05) is 28.0 Å². The number of hydrogen-bond donors (Lipinski definition) is 0. The van der Waals surface area contributed by atoms with Crippen LogP contribution in [0, 0.1) is 0 Å². The zero-order valence-electron chi connectivity index (χ0n) is 31.7. The van der Waals surface area contributed by atoms with Crippen molar-refractivity contribution in [2.24, 2.45) is 0 Å². The van der Waals surface area contributed by atoms with E-state index in [1.54, 1.807) is 0 Å². The van der Waals surface area contributed by atoms with Crippen LogP contribution in [-0.2, 0) is 0 Å². The molecule has 11 rings (SSSR count). The highest BCUT2D eigenvalue weighted by Gasteiger charge is 2.21. The van der Waals surface area contributed by atoms with E-state index in [1.165, 1.54) is 55.1 Å². The van der Waals surface area contributed by atoms with E-state index in [1.807, 2.05) is 0 Å². The SMILES string of the molecule is c1ccc(-c2ccc(-c3ccc(N(c4ccc(-c5ccc6ccccc6c5)cc4)c4cccc(-c5ccc6c(c5)-c5cccc7cccc(c57)O6)c4)cc3)cc2)cc1. The lowest BCUT2D eigenvalue weighted by Crippen LogP contribution is -2.10. The van der Waals surface area contributed by atoms with Gasteiger partial charge in [-0.3, -0.25) is 0 Å². The fourth-order valence-corrected chi connectivity index (χ4v) is 8.48. The molecule has 0 N–H and O–H groups in total. The van der Waals surface area contributed by atoms with Crippen molar-refractivity contribution in [1.82, 2.24) is 0 Å². The maximum atomic E-state index is 6.44. The van der Waals surface area contributed by atoms with Gasteiger partial charge in [0.15, 0.2) is 0 Å². The number of fused-ring (bicyclic) bond motifs is 3. The molecule has 272 valence electrons. The molecule has 0 bridgehead atoms. The van der Waals surface area contributed by atoms with E-state index in [0.717, 1.165) is 50.6 Å². The minimum atomic E-state index is 0.883. The van der Waals surface area contributed by atoms with E-state index in [2.05, 4.69) is 229 Å². The molecule has 10 aromatic rings. The van der Waals surface area contributed by atoms with Crippen LogP contribution in [0.2, 0.25) is 0 Å².